The molecule has 0 atom stereocenters. The minimum Gasteiger partial charge on any atom is -0.481 e. The van der Waals surface area contributed by atoms with E-state index in [4.69, 9.17) is 10.2 Å². The molecule has 2 N–H and O–H groups in total. The number of aliphatic hydroxyl groups is 1. The van der Waals surface area contributed by atoms with Crippen LogP contribution in [0.5, 0.6) is 0 Å². The van der Waals surface area contributed by atoms with Crippen LogP contribution in [-0.4, -0.2) is 28.6 Å². The Labute approximate surface area is 110 Å². The number of ketones is 1. The van der Waals surface area contributed by atoms with Crippen molar-refractivity contribution in [1.29, 1.82) is 0 Å². The average molecular weight is 270 g/mol. The molecule has 0 amide bonds. The number of thiophene rings is 1. The molecule has 0 fully saturated rings. The fourth-order valence-corrected chi connectivity index (χ4v) is 2.61. The van der Waals surface area contributed by atoms with Crippen LogP contribution < -0.4 is 0 Å². The van der Waals surface area contributed by atoms with E-state index in [9.17, 15) is 9.59 Å². The molecule has 1 rings (SSSR count). The van der Waals surface area contributed by atoms with Crippen LogP contribution in [-0.2, 0) is 11.2 Å². The summed E-state index contributed by atoms with van der Waals surface area (Å²) < 4.78 is 0. The van der Waals surface area contributed by atoms with Crippen LogP contribution in [0.2, 0.25) is 0 Å². The van der Waals surface area contributed by atoms with Gasteiger partial charge in [-0.2, -0.15) is 0 Å². The number of hydrogen-bond donors (Lipinski definition) is 2. The highest BCUT2D eigenvalue weighted by molar-refractivity contribution is 7.14. The van der Waals surface area contributed by atoms with Gasteiger partial charge in [-0.3, -0.25) is 9.59 Å². The highest BCUT2D eigenvalue weighted by Crippen LogP contribution is 2.20. The number of aliphatic hydroxyl groups excluding tert-OH is 1. The highest BCUT2D eigenvalue weighted by atomic mass is 32.1. The van der Waals surface area contributed by atoms with Gasteiger partial charge in [0.15, 0.2) is 5.78 Å². The maximum absolute atomic E-state index is 11.7. The minimum atomic E-state index is -0.941. The van der Waals surface area contributed by atoms with E-state index in [1.54, 1.807) is 6.07 Å². The summed E-state index contributed by atoms with van der Waals surface area (Å²) >= 11 is 1.45. The summed E-state index contributed by atoms with van der Waals surface area (Å²) in [6, 6.07) is 3.70. The van der Waals surface area contributed by atoms with Crippen molar-refractivity contribution in [1.82, 2.24) is 0 Å². The van der Waals surface area contributed by atoms with Gasteiger partial charge in [0, 0.05) is 17.9 Å². The molecule has 0 saturated carbocycles. The molecule has 0 radical (unpaired) electrons. The molecule has 0 spiro atoms. The Balaban J connectivity index is 2.37. The number of aryl methyl sites for hydroxylation is 1. The Morgan fingerprint density at radius 1 is 1.11 bits per heavy atom. The largest absolute Gasteiger partial charge is 0.481 e. The number of carbonyl (C=O) groups is 2. The van der Waals surface area contributed by atoms with Crippen molar-refractivity contribution in [3.05, 3.63) is 21.9 Å². The lowest BCUT2D eigenvalue weighted by molar-refractivity contribution is -0.136. The van der Waals surface area contributed by atoms with E-state index < -0.39 is 5.97 Å². The van der Waals surface area contributed by atoms with Crippen LogP contribution in [0, 0.1) is 0 Å². The molecule has 100 valence electrons. The van der Waals surface area contributed by atoms with Gasteiger partial charge >= 0.3 is 5.97 Å². The second-order valence-corrected chi connectivity index (χ2v) is 5.29. The molecule has 0 unspecified atom stereocenters. The zero-order valence-corrected chi connectivity index (χ0v) is 11.0. The Hall–Kier alpha value is -1.20. The van der Waals surface area contributed by atoms with Gasteiger partial charge in [-0.15, -0.1) is 11.3 Å². The molecular weight excluding hydrogens is 252 g/mol. The van der Waals surface area contributed by atoms with Gasteiger partial charge in [0.05, 0.1) is 11.3 Å². The van der Waals surface area contributed by atoms with Crippen LogP contribution in [0.3, 0.4) is 0 Å². The van der Waals surface area contributed by atoms with E-state index in [-0.39, 0.29) is 25.2 Å². The summed E-state index contributed by atoms with van der Waals surface area (Å²) in [7, 11) is 0. The van der Waals surface area contributed by atoms with Crippen molar-refractivity contribution in [3.8, 4) is 0 Å². The van der Waals surface area contributed by atoms with Gasteiger partial charge in [0.25, 0.3) is 0 Å². The summed E-state index contributed by atoms with van der Waals surface area (Å²) in [6.07, 6.45) is 3.68. The Bertz CT molecular complexity index is 397. The van der Waals surface area contributed by atoms with Gasteiger partial charge in [0.1, 0.15) is 0 Å². The van der Waals surface area contributed by atoms with E-state index in [0.29, 0.717) is 4.88 Å². The summed E-state index contributed by atoms with van der Waals surface area (Å²) in [5.41, 5.74) is 0. The molecule has 0 aliphatic rings. The number of carboxylic acids is 1. The first-order valence-corrected chi connectivity index (χ1v) is 6.89. The lowest BCUT2D eigenvalue weighted by Gasteiger charge is -1.97. The molecule has 4 nitrogen and oxygen atoms in total. The lowest BCUT2D eigenvalue weighted by Crippen LogP contribution is -2.01. The van der Waals surface area contributed by atoms with Crippen molar-refractivity contribution in [2.24, 2.45) is 0 Å². The predicted octanol–water partition coefficient (Wildman–Crippen LogP) is 2.50. The first-order valence-electron chi connectivity index (χ1n) is 6.08. The third-order valence-electron chi connectivity index (χ3n) is 2.58. The molecule has 1 heterocycles. The number of rotatable bonds is 9. The molecule has 0 bridgehead atoms. The zero-order chi connectivity index (χ0) is 13.4. The van der Waals surface area contributed by atoms with Gasteiger partial charge in [-0.25, -0.2) is 0 Å². The molecule has 0 aromatic carbocycles. The molecular formula is C13H18O4S. The Kier molecular flexibility index (Phi) is 6.60. The molecule has 0 saturated heterocycles. The number of unbranched alkanes of at least 4 members (excludes halogenated alkanes) is 2. The smallest absolute Gasteiger partial charge is 0.303 e. The maximum Gasteiger partial charge on any atom is 0.303 e. The monoisotopic (exact) mass is 270 g/mol. The van der Waals surface area contributed by atoms with E-state index >= 15 is 0 Å². The van der Waals surface area contributed by atoms with Crippen molar-refractivity contribution < 1.29 is 19.8 Å². The standard InChI is InChI=1S/C13H18O4S/c14-9-3-1-2-4-10-5-7-12(18-10)11(15)6-8-13(16)17/h5,7,14H,1-4,6,8-9H2,(H,16,17). The molecule has 18 heavy (non-hydrogen) atoms. The Morgan fingerprint density at radius 3 is 2.56 bits per heavy atom. The summed E-state index contributed by atoms with van der Waals surface area (Å²) in [6.45, 7) is 0.226. The summed E-state index contributed by atoms with van der Waals surface area (Å²) in [4.78, 5) is 23.8. The third kappa shape index (κ3) is 5.42. The average Bonchev–Trinajstić information content (AvgIpc) is 2.80. The molecule has 0 aliphatic carbocycles. The quantitative estimate of drug-likeness (QED) is 0.534. The number of hydrogen-bond acceptors (Lipinski definition) is 4. The predicted molar refractivity (Wildman–Crippen MR) is 70.2 cm³/mol. The first kappa shape index (κ1) is 14.9. The SMILES string of the molecule is O=C(O)CCC(=O)c1ccc(CCCCCO)s1. The van der Waals surface area contributed by atoms with Crippen LogP contribution in [0.15, 0.2) is 12.1 Å². The zero-order valence-electron chi connectivity index (χ0n) is 10.2. The van der Waals surface area contributed by atoms with Gasteiger partial charge < -0.3 is 10.2 Å². The molecule has 1 aromatic heterocycles. The third-order valence-corrected chi connectivity index (χ3v) is 3.77. The molecule has 5 heteroatoms. The van der Waals surface area contributed by atoms with E-state index in [1.807, 2.05) is 6.07 Å². The lowest BCUT2D eigenvalue weighted by atomic mass is 10.1. The van der Waals surface area contributed by atoms with E-state index in [0.717, 1.165) is 30.6 Å². The van der Waals surface area contributed by atoms with Crippen LogP contribution >= 0.6 is 11.3 Å². The van der Waals surface area contributed by atoms with Gasteiger partial charge in [0.2, 0.25) is 0 Å². The van der Waals surface area contributed by atoms with Crippen molar-refractivity contribution in [3.63, 3.8) is 0 Å². The summed E-state index contributed by atoms with van der Waals surface area (Å²) in [5, 5.41) is 17.2. The topological polar surface area (TPSA) is 74.6 Å². The van der Waals surface area contributed by atoms with Crippen molar-refractivity contribution in [2.75, 3.05) is 6.61 Å². The number of carboxylic acid groups (broad SMARTS) is 1. The van der Waals surface area contributed by atoms with Gasteiger partial charge in [-0.1, -0.05) is 6.42 Å². The number of Topliss-reactive ketones (excluding diaryl/α,β-unsaturated/α-hetero) is 1. The second-order valence-electron chi connectivity index (χ2n) is 4.12. The summed E-state index contributed by atoms with van der Waals surface area (Å²) in [5.74, 6) is -1.03. The fraction of sp³-hybridized carbons (Fsp3) is 0.538. The number of carbonyl (C=O) groups excluding carboxylic acids is 1. The molecule has 1 aromatic rings. The Morgan fingerprint density at radius 2 is 1.89 bits per heavy atom. The van der Waals surface area contributed by atoms with E-state index in [1.165, 1.54) is 11.3 Å². The second kappa shape index (κ2) is 8.00. The highest BCUT2D eigenvalue weighted by Gasteiger charge is 2.11. The normalized spacial score (nSPS) is 10.5. The van der Waals surface area contributed by atoms with Crippen LogP contribution in [0.25, 0.3) is 0 Å². The van der Waals surface area contributed by atoms with E-state index in [2.05, 4.69) is 0 Å². The van der Waals surface area contributed by atoms with Crippen molar-refractivity contribution >= 4 is 23.1 Å². The number of aliphatic carboxylic acids is 1. The maximum atomic E-state index is 11.7. The van der Waals surface area contributed by atoms with Crippen molar-refractivity contribution in [2.45, 2.75) is 38.5 Å². The van der Waals surface area contributed by atoms with Gasteiger partial charge in [-0.05, 0) is 31.4 Å². The van der Waals surface area contributed by atoms with Crippen LogP contribution in [0.4, 0.5) is 0 Å². The first-order chi connectivity index (χ1) is 8.63. The molecule has 0 aliphatic heterocycles. The fourth-order valence-electron chi connectivity index (χ4n) is 1.59. The minimum absolute atomic E-state index is 0.0692. The van der Waals surface area contributed by atoms with Crippen LogP contribution in [0.1, 0.15) is 46.7 Å².